The molecule has 0 aliphatic heterocycles. The van der Waals surface area contributed by atoms with E-state index in [1.54, 1.807) is 12.1 Å². The molecule has 0 spiro atoms. The van der Waals surface area contributed by atoms with E-state index in [0.29, 0.717) is 12.0 Å². The van der Waals surface area contributed by atoms with Crippen molar-refractivity contribution in [1.29, 1.82) is 0 Å². The second-order valence-corrected chi connectivity index (χ2v) is 3.74. The van der Waals surface area contributed by atoms with Gasteiger partial charge in [0.15, 0.2) is 5.82 Å². The number of aryl methyl sites for hydroxylation is 1. The summed E-state index contributed by atoms with van der Waals surface area (Å²) >= 11 is 0. The van der Waals surface area contributed by atoms with Crippen LogP contribution in [0.25, 0.3) is 11.1 Å². The highest BCUT2D eigenvalue weighted by Crippen LogP contribution is 2.29. The Labute approximate surface area is 99.1 Å². The van der Waals surface area contributed by atoms with Crippen LogP contribution in [0.3, 0.4) is 0 Å². The van der Waals surface area contributed by atoms with Gasteiger partial charge >= 0.3 is 0 Å². The number of hydrogen-bond acceptors (Lipinski definition) is 1. The number of carbonyl (C=O) groups is 1. The van der Waals surface area contributed by atoms with Crippen LogP contribution in [0.2, 0.25) is 0 Å². The number of carbonyl (C=O) groups excluding carboxylic acids is 1. The molecule has 2 aromatic carbocycles. The van der Waals surface area contributed by atoms with Gasteiger partial charge in [0.05, 0.1) is 5.69 Å². The van der Waals surface area contributed by atoms with E-state index >= 15 is 0 Å². The smallest absolute Gasteiger partial charge is 0.211 e. The quantitative estimate of drug-likeness (QED) is 0.803. The van der Waals surface area contributed by atoms with Crippen molar-refractivity contribution < 1.29 is 9.18 Å². The van der Waals surface area contributed by atoms with Crippen LogP contribution in [0.1, 0.15) is 5.56 Å². The molecule has 0 radical (unpaired) electrons. The summed E-state index contributed by atoms with van der Waals surface area (Å²) in [5, 5.41) is 2.35. The molecule has 2 rings (SSSR count). The first kappa shape index (κ1) is 11.3. The fourth-order valence-electron chi connectivity index (χ4n) is 1.79. The van der Waals surface area contributed by atoms with Crippen LogP contribution in [0.4, 0.5) is 10.1 Å². The second kappa shape index (κ2) is 4.78. The summed E-state index contributed by atoms with van der Waals surface area (Å²) in [6.45, 7) is 1.93. The third-order valence-corrected chi connectivity index (χ3v) is 2.65. The van der Waals surface area contributed by atoms with Gasteiger partial charge in [-0.15, -0.1) is 0 Å². The fraction of sp³-hybridized carbons (Fsp3) is 0.0714. The van der Waals surface area contributed by atoms with Gasteiger partial charge in [-0.05, 0) is 24.1 Å². The lowest BCUT2D eigenvalue weighted by Gasteiger charge is -2.09. The van der Waals surface area contributed by atoms with Crippen molar-refractivity contribution in [1.82, 2.24) is 0 Å². The van der Waals surface area contributed by atoms with Crippen molar-refractivity contribution >= 4 is 12.1 Å². The zero-order chi connectivity index (χ0) is 12.3. The van der Waals surface area contributed by atoms with Gasteiger partial charge in [0.2, 0.25) is 6.41 Å². The van der Waals surface area contributed by atoms with Gasteiger partial charge in [0.1, 0.15) is 0 Å². The van der Waals surface area contributed by atoms with Crippen LogP contribution < -0.4 is 5.32 Å². The predicted octanol–water partition coefficient (Wildman–Crippen LogP) is 3.37. The van der Waals surface area contributed by atoms with Gasteiger partial charge in [-0.3, -0.25) is 4.79 Å². The molecule has 0 bridgehead atoms. The van der Waals surface area contributed by atoms with E-state index in [0.717, 1.165) is 11.1 Å². The van der Waals surface area contributed by atoms with E-state index in [9.17, 15) is 9.18 Å². The first-order valence-corrected chi connectivity index (χ1v) is 5.28. The van der Waals surface area contributed by atoms with Crippen LogP contribution in [-0.2, 0) is 4.79 Å². The molecule has 0 saturated heterocycles. The average Bonchev–Trinajstić information content (AvgIpc) is 2.33. The highest BCUT2D eigenvalue weighted by Gasteiger charge is 2.10. The van der Waals surface area contributed by atoms with Crippen LogP contribution in [0.5, 0.6) is 0 Å². The van der Waals surface area contributed by atoms with E-state index in [-0.39, 0.29) is 5.69 Å². The molecule has 1 N–H and O–H groups in total. The third-order valence-electron chi connectivity index (χ3n) is 2.65. The van der Waals surface area contributed by atoms with E-state index in [2.05, 4.69) is 5.32 Å². The maximum atomic E-state index is 14.1. The molecule has 0 aromatic heterocycles. The van der Waals surface area contributed by atoms with Crippen molar-refractivity contribution in [3.63, 3.8) is 0 Å². The van der Waals surface area contributed by atoms with Gasteiger partial charge in [0.25, 0.3) is 0 Å². The Morgan fingerprint density at radius 2 is 1.76 bits per heavy atom. The number of rotatable bonds is 3. The molecule has 17 heavy (non-hydrogen) atoms. The number of anilines is 1. The Balaban J connectivity index is 2.57. The molecule has 86 valence electrons. The van der Waals surface area contributed by atoms with Crippen LogP contribution >= 0.6 is 0 Å². The van der Waals surface area contributed by atoms with Crippen LogP contribution in [0.15, 0.2) is 42.5 Å². The Kier molecular flexibility index (Phi) is 3.19. The molecule has 0 aliphatic carbocycles. The molecule has 0 fully saturated rings. The molecule has 0 unspecified atom stereocenters. The summed E-state index contributed by atoms with van der Waals surface area (Å²) in [6, 6.07) is 12.5. The highest BCUT2D eigenvalue weighted by atomic mass is 19.1. The lowest BCUT2D eigenvalue weighted by Crippen LogP contribution is -1.98. The fourth-order valence-corrected chi connectivity index (χ4v) is 1.79. The first-order valence-electron chi connectivity index (χ1n) is 5.28. The summed E-state index contributed by atoms with van der Waals surface area (Å²) in [4.78, 5) is 10.4. The first-order chi connectivity index (χ1) is 8.24. The maximum Gasteiger partial charge on any atom is 0.211 e. The number of amides is 1. The highest BCUT2D eigenvalue weighted by molar-refractivity contribution is 5.77. The van der Waals surface area contributed by atoms with Crippen molar-refractivity contribution in [3.8, 4) is 11.1 Å². The molecular formula is C14H12FNO. The normalized spacial score (nSPS) is 10.0. The molecule has 2 nitrogen and oxygen atoms in total. The monoisotopic (exact) mass is 229 g/mol. The number of nitrogens with one attached hydrogen (secondary N) is 1. The molecule has 0 aliphatic rings. The van der Waals surface area contributed by atoms with E-state index in [1.165, 1.54) is 6.07 Å². The van der Waals surface area contributed by atoms with Crippen molar-refractivity contribution in [2.75, 3.05) is 5.32 Å². The zero-order valence-electron chi connectivity index (χ0n) is 9.41. The maximum absolute atomic E-state index is 14.1. The lowest BCUT2D eigenvalue weighted by molar-refractivity contribution is -0.105. The Morgan fingerprint density at radius 1 is 1.06 bits per heavy atom. The summed E-state index contributed by atoms with van der Waals surface area (Å²) in [6.07, 6.45) is 0.472. The summed E-state index contributed by atoms with van der Waals surface area (Å²) in [5.74, 6) is -0.408. The van der Waals surface area contributed by atoms with Crippen LogP contribution in [-0.4, -0.2) is 6.41 Å². The zero-order valence-corrected chi connectivity index (χ0v) is 9.41. The minimum Gasteiger partial charge on any atom is -0.326 e. The topological polar surface area (TPSA) is 29.1 Å². The minimum atomic E-state index is -0.408. The molecule has 0 heterocycles. The van der Waals surface area contributed by atoms with Gasteiger partial charge in [-0.25, -0.2) is 4.39 Å². The minimum absolute atomic E-state index is 0.195. The lowest BCUT2D eigenvalue weighted by atomic mass is 9.99. The van der Waals surface area contributed by atoms with Crippen molar-refractivity contribution in [3.05, 3.63) is 53.8 Å². The second-order valence-electron chi connectivity index (χ2n) is 3.74. The largest absolute Gasteiger partial charge is 0.326 e. The number of halogens is 1. The van der Waals surface area contributed by atoms with Gasteiger partial charge < -0.3 is 5.32 Å². The van der Waals surface area contributed by atoms with Crippen molar-refractivity contribution in [2.24, 2.45) is 0 Å². The van der Waals surface area contributed by atoms with E-state index in [4.69, 9.17) is 0 Å². The average molecular weight is 229 g/mol. The Bertz CT molecular complexity index is 552. The summed E-state index contributed by atoms with van der Waals surface area (Å²) in [7, 11) is 0. The molecule has 0 saturated carbocycles. The Morgan fingerprint density at radius 3 is 2.47 bits per heavy atom. The number of hydrogen-bond donors (Lipinski definition) is 1. The van der Waals surface area contributed by atoms with Crippen molar-refractivity contribution in [2.45, 2.75) is 6.92 Å². The standard InChI is InChI=1S/C14H12FNO/c1-10-5-2-3-6-11(10)12-7-4-8-13(14(12)15)16-9-17/h2-9H,1H3,(H,16,17). The molecule has 0 atom stereocenters. The molecule has 2 aromatic rings. The number of benzene rings is 2. The SMILES string of the molecule is Cc1ccccc1-c1cccc(NC=O)c1F. The molecular weight excluding hydrogens is 217 g/mol. The van der Waals surface area contributed by atoms with Gasteiger partial charge in [-0.1, -0.05) is 36.4 Å². The van der Waals surface area contributed by atoms with Crippen LogP contribution in [0, 0.1) is 12.7 Å². The van der Waals surface area contributed by atoms with Gasteiger partial charge in [0, 0.05) is 5.56 Å². The van der Waals surface area contributed by atoms with E-state index < -0.39 is 5.82 Å². The van der Waals surface area contributed by atoms with E-state index in [1.807, 2.05) is 31.2 Å². The predicted molar refractivity (Wildman–Crippen MR) is 66.3 cm³/mol. The summed E-state index contributed by atoms with van der Waals surface area (Å²) in [5.41, 5.74) is 2.52. The Hall–Kier alpha value is -2.16. The molecule has 3 heteroatoms. The summed E-state index contributed by atoms with van der Waals surface area (Å²) < 4.78 is 14.1. The van der Waals surface area contributed by atoms with Gasteiger partial charge in [-0.2, -0.15) is 0 Å². The molecule has 1 amide bonds. The third kappa shape index (κ3) is 2.18.